The second-order valence-electron chi connectivity index (χ2n) is 4.99. The zero-order chi connectivity index (χ0) is 15.5. The molecule has 2 aromatic rings. The molecule has 1 aliphatic heterocycles. The third-order valence-corrected chi connectivity index (χ3v) is 3.44. The van der Waals surface area contributed by atoms with E-state index in [0.29, 0.717) is 11.4 Å². The fourth-order valence-electron chi connectivity index (χ4n) is 2.43. The number of aliphatic carboxylic acids is 1. The standard InChI is InChI=1S/C17H14N2O3/c20-15(21)10-14-17(22)19-13-9-5-4-8-12(13)16(18-14)11-6-2-1-3-7-11/h1-9,14H,10H2,(H,19,22)(H,20,21)/t14-/m1/s1. The smallest absolute Gasteiger partial charge is 0.306 e. The van der Waals surface area contributed by atoms with Gasteiger partial charge in [0.05, 0.1) is 17.8 Å². The second-order valence-corrected chi connectivity index (χ2v) is 4.99. The molecule has 2 N–H and O–H groups in total. The van der Waals surface area contributed by atoms with Crippen molar-refractivity contribution in [2.75, 3.05) is 5.32 Å². The molecule has 0 saturated carbocycles. The van der Waals surface area contributed by atoms with Crippen LogP contribution in [0.25, 0.3) is 0 Å². The van der Waals surface area contributed by atoms with Gasteiger partial charge in [-0.2, -0.15) is 0 Å². The van der Waals surface area contributed by atoms with E-state index in [4.69, 9.17) is 5.11 Å². The molecular formula is C17H14N2O3. The van der Waals surface area contributed by atoms with Gasteiger partial charge < -0.3 is 10.4 Å². The number of nitrogens with zero attached hydrogens (tertiary/aromatic N) is 1. The molecule has 1 amide bonds. The Morgan fingerprint density at radius 2 is 1.77 bits per heavy atom. The first-order valence-electron chi connectivity index (χ1n) is 6.90. The maximum Gasteiger partial charge on any atom is 0.306 e. The third kappa shape index (κ3) is 2.74. The Balaban J connectivity index is 2.15. The highest BCUT2D eigenvalue weighted by Gasteiger charge is 2.27. The first kappa shape index (κ1) is 14.0. The lowest BCUT2D eigenvalue weighted by Gasteiger charge is -2.09. The van der Waals surface area contributed by atoms with Crippen molar-refractivity contribution in [3.05, 3.63) is 65.7 Å². The number of fused-ring (bicyclic) bond motifs is 1. The van der Waals surface area contributed by atoms with Crippen molar-refractivity contribution in [1.29, 1.82) is 0 Å². The van der Waals surface area contributed by atoms with Crippen LogP contribution in [0.1, 0.15) is 17.5 Å². The Morgan fingerprint density at radius 3 is 2.50 bits per heavy atom. The van der Waals surface area contributed by atoms with Crippen LogP contribution < -0.4 is 5.32 Å². The number of anilines is 1. The first-order chi connectivity index (χ1) is 10.6. The van der Waals surface area contributed by atoms with Gasteiger partial charge in [0.15, 0.2) is 0 Å². The maximum absolute atomic E-state index is 12.2. The summed E-state index contributed by atoms with van der Waals surface area (Å²) in [5, 5.41) is 11.8. The molecule has 110 valence electrons. The van der Waals surface area contributed by atoms with Gasteiger partial charge in [0.1, 0.15) is 6.04 Å². The summed E-state index contributed by atoms with van der Waals surface area (Å²) in [5.74, 6) is -1.46. The summed E-state index contributed by atoms with van der Waals surface area (Å²) in [4.78, 5) is 27.6. The summed E-state index contributed by atoms with van der Waals surface area (Å²) in [6.45, 7) is 0. The van der Waals surface area contributed by atoms with Gasteiger partial charge in [0, 0.05) is 11.1 Å². The number of hydrogen-bond donors (Lipinski definition) is 2. The van der Waals surface area contributed by atoms with E-state index in [2.05, 4.69) is 10.3 Å². The molecule has 3 rings (SSSR count). The third-order valence-electron chi connectivity index (χ3n) is 3.44. The first-order valence-corrected chi connectivity index (χ1v) is 6.90. The molecule has 0 aliphatic carbocycles. The molecule has 0 fully saturated rings. The highest BCUT2D eigenvalue weighted by Crippen LogP contribution is 2.24. The molecule has 0 bridgehead atoms. The number of amides is 1. The van der Waals surface area contributed by atoms with Crippen molar-refractivity contribution >= 4 is 23.3 Å². The fourth-order valence-corrected chi connectivity index (χ4v) is 2.43. The summed E-state index contributed by atoms with van der Waals surface area (Å²) >= 11 is 0. The van der Waals surface area contributed by atoms with Crippen LogP contribution in [0.15, 0.2) is 59.6 Å². The number of carbonyl (C=O) groups excluding carboxylic acids is 1. The Hall–Kier alpha value is -2.95. The predicted octanol–water partition coefficient (Wildman–Crippen LogP) is 2.32. The van der Waals surface area contributed by atoms with E-state index < -0.39 is 17.9 Å². The summed E-state index contributed by atoms with van der Waals surface area (Å²) in [6, 6.07) is 15.8. The largest absolute Gasteiger partial charge is 0.481 e. The number of hydrogen-bond acceptors (Lipinski definition) is 3. The Bertz CT molecular complexity index is 754. The van der Waals surface area contributed by atoms with Crippen LogP contribution in [0.3, 0.4) is 0 Å². The van der Waals surface area contributed by atoms with E-state index in [0.717, 1.165) is 11.1 Å². The van der Waals surface area contributed by atoms with Gasteiger partial charge in [-0.1, -0.05) is 48.5 Å². The van der Waals surface area contributed by atoms with E-state index in [9.17, 15) is 9.59 Å². The normalized spacial score (nSPS) is 17.0. The number of benzodiazepines with no additional fused rings is 1. The van der Waals surface area contributed by atoms with Crippen LogP contribution in [0, 0.1) is 0 Å². The van der Waals surface area contributed by atoms with E-state index in [1.807, 2.05) is 48.5 Å². The van der Waals surface area contributed by atoms with E-state index >= 15 is 0 Å². The highest BCUT2D eigenvalue weighted by atomic mass is 16.4. The zero-order valence-corrected chi connectivity index (χ0v) is 11.7. The lowest BCUT2D eigenvalue weighted by molar-refractivity contribution is -0.138. The van der Waals surface area contributed by atoms with Crippen molar-refractivity contribution in [2.24, 2.45) is 4.99 Å². The van der Waals surface area contributed by atoms with Crippen LogP contribution >= 0.6 is 0 Å². The lowest BCUT2D eigenvalue weighted by Crippen LogP contribution is -2.27. The average molecular weight is 294 g/mol. The molecule has 1 atom stereocenters. The molecule has 0 unspecified atom stereocenters. The lowest BCUT2D eigenvalue weighted by atomic mass is 10.0. The quantitative estimate of drug-likeness (QED) is 0.911. The Morgan fingerprint density at radius 1 is 1.09 bits per heavy atom. The highest BCUT2D eigenvalue weighted by molar-refractivity contribution is 6.19. The molecule has 1 heterocycles. The van der Waals surface area contributed by atoms with Crippen LogP contribution in [-0.2, 0) is 9.59 Å². The van der Waals surface area contributed by atoms with Crippen molar-refractivity contribution in [1.82, 2.24) is 0 Å². The zero-order valence-electron chi connectivity index (χ0n) is 11.7. The number of para-hydroxylation sites is 1. The molecule has 5 nitrogen and oxygen atoms in total. The van der Waals surface area contributed by atoms with E-state index in [1.54, 1.807) is 6.07 Å². The minimum atomic E-state index is -1.05. The van der Waals surface area contributed by atoms with Crippen LogP contribution in [-0.4, -0.2) is 28.7 Å². The van der Waals surface area contributed by atoms with Crippen molar-refractivity contribution < 1.29 is 14.7 Å². The van der Waals surface area contributed by atoms with Crippen LogP contribution in [0.2, 0.25) is 0 Å². The average Bonchev–Trinajstić information content (AvgIpc) is 2.65. The number of nitrogens with one attached hydrogen (secondary N) is 1. The molecular weight excluding hydrogens is 280 g/mol. The second kappa shape index (κ2) is 5.81. The minimum absolute atomic E-state index is 0.337. The van der Waals surface area contributed by atoms with Gasteiger partial charge >= 0.3 is 5.97 Å². The molecule has 0 radical (unpaired) electrons. The predicted molar refractivity (Wildman–Crippen MR) is 83.2 cm³/mol. The molecule has 0 aromatic heterocycles. The molecule has 5 heteroatoms. The van der Waals surface area contributed by atoms with E-state index in [1.165, 1.54) is 0 Å². The van der Waals surface area contributed by atoms with Gasteiger partial charge in [-0.15, -0.1) is 0 Å². The Labute approximate surface area is 127 Å². The van der Waals surface area contributed by atoms with Gasteiger partial charge in [-0.25, -0.2) is 0 Å². The number of benzene rings is 2. The molecule has 0 spiro atoms. The van der Waals surface area contributed by atoms with Crippen molar-refractivity contribution in [3.8, 4) is 0 Å². The van der Waals surface area contributed by atoms with Crippen LogP contribution in [0.4, 0.5) is 5.69 Å². The number of carboxylic acid groups (broad SMARTS) is 1. The minimum Gasteiger partial charge on any atom is -0.481 e. The van der Waals surface area contributed by atoms with Gasteiger partial charge in [-0.05, 0) is 6.07 Å². The van der Waals surface area contributed by atoms with Crippen molar-refractivity contribution in [2.45, 2.75) is 12.5 Å². The number of carbonyl (C=O) groups is 2. The monoisotopic (exact) mass is 294 g/mol. The van der Waals surface area contributed by atoms with Gasteiger partial charge in [0.25, 0.3) is 0 Å². The number of aliphatic imine (C=N–C) groups is 1. The summed E-state index contributed by atoms with van der Waals surface area (Å²) < 4.78 is 0. The topological polar surface area (TPSA) is 78.8 Å². The summed E-state index contributed by atoms with van der Waals surface area (Å²) in [6.07, 6.45) is -0.337. The maximum atomic E-state index is 12.2. The van der Waals surface area contributed by atoms with Gasteiger partial charge in [-0.3, -0.25) is 14.6 Å². The summed E-state index contributed by atoms with van der Waals surface area (Å²) in [5.41, 5.74) is 2.90. The summed E-state index contributed by atoms with van der Waals surface area (Å²) in [7, 11) is 0. The number of carboxylic acids is 1. The fraction of sp³-hybridized carbons (Fsp3) is 0.118. The molecule has 1 aliphatic rings. The molecule has 2 aromatic carbocycles. The Kier molecular flexibility index (Phi) is 3.70. The molecule has 0 saturated heterocycles. The van der Waals surface area contributed by atoms with Gasteiger partial charge in [0.2, 0.25) is 5.91 Å². The van der Waals surface area contributed by atoms with Crippen LogP contribution in [0.5, 0.6) is 0 Å². The number of rotatable bonds is 3. The van der Waals surface area contributed by atoms with Crippen molar-refractivity contribution in [3.63, 3.8) is 0 Å². The van der Waals surface area contributed by atoms with E-state index in [-0.39, 0.29) is 6.42 Å². The SMILES string of the molecule is O=C(O)C[C@H]1N=C(c2ccccc2)c2ccccc2NC1=O. The molecule has 22 heavy (non-hydrogen) atoms.